The molecule has 0 bridgehead atoms. The van der Waals surface area contributed by atoms with Crippen LogP contribution in [0.3, 0.4) is 0 Å². The van der Waals surface area contributed by atoms with E-state index in [1.165, 1.54) is 0 Å². The molecule has 0 nitrogen and oxygen atoms in total. The summed E-state index contributed by atoms with van der Waals surface area (Å²) >= 11 is 0. The van der Waals surface area contributed by atoms with Crippen LogP contribution in [0.25, 0.3) is 0 Å². The Morgan fingerprint density at radius 3 is 0.250 bits per heavy atom. The van der Waals surface area contributed by atoms with Crippen LogP contribution in [0.5, 0.6) is 0 Å². The van der Waals surface area contributed by atoms with Crippen molar-refractivity contribution in [2.75, 3.05) is 0 Å². The van der Waals surface area contributed by atoms with E-state index >= 15 is 0 Å². The molecule has 0 atom stereocenters. The van der Waals surface area contributed by atoms with Gasteiger partial charge in [0.1, 0.15) is 0 Å². The molecular formula is H21Al7Ta. The van der Waals surface area contributed by atoms with Crippen LogP contribution in [0, 0.1) is 0 Å². The Balaban J connectivity index is 0. The average Bonchev–Trinajstić information content (AvgIpc) is 0. The zero-order chi connectivity index (χ0) is 0. The van der Waals surface area contributed by atoms with Crippen molar-refractivity contribution in [3.8, 4) is 0 Å². The molecule has 0 spiro atoms. The Bertz CT molecular complexity index is 4.35. The molecule has 0 saturated carbocycles. The third-order valence-electron chi connectivity index (χ3n) is 0. The smallest absolute Gasteiger partial charge is 0 e. The predicted octanol–water partition coefficient (Wildman–Crippen LogP) is -8.29. The molecule has 0 heterocycles. The first-order valence-electron chi connectivity index (χ1n) is 0. The van der Waals surface area contributed by atoms with Gasteiger partial charge in [-0.3, -0.25) is 0 Å². The van der Waals surface area contributed by atoms with Gasteiger partial charge in [0.15, 0.2) is 122 Å². The molecule has 0 rings (SSSR count). The summed E-state index contributed by atoms with van der Waals surface area (Å²) in [6.45, 7) is 0. The molecule has 0 aliphatic heterocycles. The minimum absolute atomic E-state index is 0. The van der Waals surface area contributed by atoms with Crippen molar-refractivity contribution in [2.45, 2.75) is 0 Å². The Morgan fingerprint density at radius 2 is 0.250 bits per heavy atom. The molecule has 0 N–H and O–H groups in total. The Hall–Kier alpha value is 4.47. The van der Waals surface area contributed by atoms with Crippen LogP contribution in [0.4, 0.5) is 0 Å². The minimum atomic E-state index is 0. The Kier molecular flexibility index (Phi) is 646. The molecule has 0 aliphatic carbocycles. The molecule has 47 valence electrons. The molecule has 8 heteroatoms. The van der Waals surface area contributed by atoms with E-state index in [1.54, 1.807) is 0 Å². The first kappa shape index (κ1) is 82.1. The largest absolute Gasteiger partial charge is 0.187 e. The summed E-state index contributed by atoms with van der Waals surface area (Å²) in [5.74, 6) is 0. The molecule has 0 aromatic carbocycles. The fourth-order valence-electron chi connectivity index (χ4n) is 0. The zero-order valence-electron chi connectivity index (χ0n) is 0.447. The molecule has 0 saturated heterocycles. The molecule has 0 amide bonds. The topological polar surface area (TPSA) is 0 Å². The van der Waals surface area contributed by atoms with E-state index in [-0.39, 0.29) is 144 Å². The van der Waals surface area contributed by atoms with Gasteiger partial charge in [0.2, 0.25) is 0 Å². The van der Waals surface area contributed by atoms with Crippen molar-refractivity contribution >= 4 is 122 Å². The zero-order valence-corrected chi connectivity index (χ0v) is 3.66. The van der Waals surface area contributed by atoms with Gasteiger partial charge in [0.25, 0.3) is 0 Å². The van der Waals surface area contributed by atoms with Crippen molar-refractivity contribution in [2.24, 2.45) is 0 Å². The van der Waals surface area contributed by atoms with E-state index in [0.717, 1.165) is 0 Å². The van der Waals surface area contributed by atoms with Gasteiger partial charge in [-0.15, -0.1) is 0 Å². The fraction of sp³-hybridized carbons (Fsp3) is 0. The van der Waals surface area contributed by atoms with Gasteiger partial charge >= 0.3 is 0 Å². The normalized spacial score (nSPS) is 0. The summed E-state index contributed by atoms with van der Waals surface area (Å²) in [4.78, 5) is 0. The van der Waals surface area contributed by atoms with Crippen LogP contribution < -0.4 is 0 Å². The second kappa shape index (κ2) is 63.0. The average molecular weight is 391 g/mol. The van der Waals surface area contributed by atoms with Crippen LogP contribution in [0.1, 0.15) is 0 Å². The molecule has 0 aromatic rings. The van der Waals surface area contributed by atoms with Gasteiger partial charge in [0, 0.05) is 22.4 Å². The maximum atomic E-state index is 0. The molecule has 0 fully saturated rings. The van der Waals surface area contributed by atoms with Crippen molar-refractivity contribution in [1.29, 1.82) is 0 Å². The van der Waals surface area contributed by atoms with Crippen molar-refractivity contribution in [3.63, 3.8) is 0 Å². The van der Waals surface area contributed by atoms with E-state index in [1.807, 2.05) is 0 Å². The number of rotatable bonds is 0. The van der Waals surface area contributed by atoms with E-state index in [0.29, 0.717) is 0 Å². The van der Waals surface area contributed by atoms with Gasteiger partial charge in [-0.05, 0) is 0 Å². The molecule has 0 unspecified atom stereocenters. The van der Waals surface area contributed by atoms with Gasteiger partial charge in [-0.1, -0.05) is 0 Å². The summed E-state index contributed by atoms with van der Waals surface area (Å²) in [5.41, 5.74) is 0. The van der Waals surface area contributed by atoms with E-state index in [4.69, 9.17) is 0 Å². The first-order chi connectivity index (χ1) is 0. The van der Waals surface area contributed by atoms with E-state index < -0.39 is 0 Å². The summed E-state index contributed by atoms with van der Waals surface area (Å²) in [6, 6.07) is 0. The maximum Gasteiger partial charge on any atom is 0.187 e. The summed E-state index contributed by atoms with van der Waals surface area (Å²) in [5, 5.41) is 0. The fourth-order valence-corrected chi connectivity index (χ4v) is 0. The molecule has 0 aliphatic rings. The van der Waals surface area contributed by atoms with E-state index in [2.05, 4.69) is 0 Å². The maximum absolute atomic E-state index is 0. The van der Waals surface area contributed by atoms with Crippen molar-refractivity contribution in [1.82, 2.24) is 0 Å². The van der Waals surface area contributed by atoms with Crippen molar-refractivity contribution in [3.05, 3.63) is 0 Å². The van der Waals surface area contributed by atoms with Gasteiger partial charge in [0.05, 0.1) is 0 Å². The summed E-state index contributed by atoms with van der Waals surface area (Å²) in [7, 11) is 0. The predicted molar refractivity (Wildman–Crippen MR) is 69.6 cm³/mol. The third kappa shape index (κ3) is 47.0. The molecule has 0 aromatic heterocycles. The molecule has 1 radical (unpaired) electrons. The van der Waals surface area contributed by atoms with Crippen LogP contribution in [-0.4, -0.2) is 122 Å². The van der Waals surface area contributed by atoms with Gasteiger partial charge < -0.3 is 0 Å². The second-order valence-electron chi connectivity index (χ2n) is 0. The summed E-state index contributed by atoms with van der Waals surface area (Å²) in [6.07, 6.45) is 0. The second-order valence-corrected chi connectivity index (χ2v) is 0. The monoisotopic (exact) mass is 391 g/mol. The summed E-state index contributed by atoms with van der Waals surface area (Å²) < 4.78 is 0. The van der Waals surface area contributed by atoms with Crippen LogP contribution in [-0.2, 0) is 22.4 Å². The van der Waals surface area contributed by atoms with Crippen molar-refractivity contribution < 1.29 is 22.4 Å². The third-order valence-corrected chi connectivity index (χ3v) is 0. The number of hydrogen-bond acceptors (Lipinski definition) is 0. The Labute approximate surface area is 141 Å². The first-order valence-corrected chi connectivity index (χ1v) is 0. The molecule has 8 heavy (non-hydrogen) atoms. The van der Waals surface area contributed by atoms with Crippen LogP contribution in [0.15, 0.2) is 0 Å². The minimum Gasteiger partial charge on any atom is 0 e. The van der Waals surface area contributed by atoms with Crippen LogP contribution in [0.2, 0.25) is 0 Å². The SMILES string of the molecule is [AlH3].[AlH3].[AlH3].[AlH3].[AlH3].[AlH3].[AlH3].[Ta]. The van der Waals surface area contributed by atoms with E-state index in [9.17, 15) is 0 Å². The Morgan fingerprint density at radius 1 is 0.250 bits per heavy atom. The van der Waals surface area contributed by atoms with Gasteiger partial charge in [-0.25, -0.2) is 0 Å². The standard InChI is InChI=1S/7Al.Ta.21H. The van der Waals surface area contributed by atoms with Gasteiger partial charge in [-0.2, -0.15) is 0 Å². The number of hydrogen-bond donors (Lipinski definition) is 0. The molecular weight excluding hydrogens is 370 g/mol. The van der Waals surface area contributed by atoms with Crippen LogP contribution >= 0.6 is 0 Å². The quantitative estimate of drug-likeness (QED) is 0.360.